The molecule has 4 aliphatic rings. The summed E-state index contributed by atoms with van der Waals surface area (Å²) in [5.74, 6) is 2.12. The summed E-state index contributed by atoms with van der Waals surface area (Å²) >= 11 is 3.24. The highest BCUT2D eigenvalue weighted by atomic mass is 32.1. The number of benzene rings is 2. The lowest BCUT2D eigenvalue weighted by Gasteiger charge is -2.30. The molecule has 17 heteroatoms. The van der Waals surface area contributed by atoms with E-state index in [1.165, 1.54) is 16.0 Å². The lowest BCUT2D eigenvalue weighted by molar-refractivity contribution is -0.142. The topological polar surface area (TPSA) is 186 Å². The number of amides is 1. The maximum absolute atomic E-state index is 13.1. The third-order valence-electron chi connectivity index (χ3n) is 12.2. The molecule has 10 rings (SSSR count). The molecule has 3 atom stereocenters. The van der Waals surface area contributed by atoms with Crippen LogP contribution in [-0.4, -0.2) is 95.3 Å². The molecule has 0 radical (unpaired) electrons. The summed E-state index contributed by atoms with van der Waals surface area (Å²) in [6, 6.07) is 8.17. The molecule has 2 aliphatic heterocycles. The normalized spacial score (nSPS) is 17.4. The molecule has 0 fully saturated rings. The number of carboxylic acid groups (broad SMARTS) is 1. The summed E-state index contributed by atoms with van der Waals surface area (Å²) < 4.78 is 16.4. The van der Waals surface area contributed by atoms with Gasteiger partial charge in [-0.05, 0) is 103 Å². The van der Waals surface area contributed by atoms with Gasteiger partial charge in [-0.3, -0.25) is 19.6 Å². The third kappa shape index (κ3) is 7.84. The van der Waals surface area contributed by atoms with Crippen LogP contribution in [0.2, 0.25) is 0 Å². The number of aliphatic carboxylic acids is 1. The predicted octanol–water partition coefficient (Wildman–Crippen LogP) is 7.54. The zero-order valence-corrected chi connectivity index (χ0v) is 36.8. The van der Waals surface area contributed by atoms with Gasteiger partial charge >= 0.3 is 5.97 Å². The molecular weight excluding hydrogens is 827 g/mol. The number of carbonyl (C=O) groups excluding carboxylic acids is 1. The van der Waals surface area contributed by atoms with Gasteiger partial charge in [0.15, 0.2) is 0 Å². The zero-order chi connectivity index (χ0) is 43.1. The molecule has 3 N–H and O–H groups in total. The number of methoxy groups -OCH3 is 3. The van der Waals surface area contributed by atoms with E-state index in [2.05, 4.69) is 46.6 Å². The number of thiophene rings is 2. The molecule has 1 amide bonds. The van der Waals surface area contributed by atoms with Crippen LogP contribution in [-0.2, 0) is 53.1 Å². The van der Waals surface area contributed by atoms with Gasteiger partial charge in [-0.15, -0.1) is 22.7 Å². The van der Waals surface area contributed by atoms with Gasteiger partial charge in [-0.25, -0.2) is 19.9 Å². The van der Waals surface area contributed by atoms with Crippen LogP contribution in [0.5, 0.6) is 11.5 Å². The summed E-state index contributed by atoms with van der Waals surface area (Å²) in [5.41, 5.74) is 8.57. The number of hydrogen-bond donors (Lipinski definition) is 3. The van der Waals surface area contributed by atoms with Gasteiger partial charge in [-0.2, -0.15) is 0 Å². The Morgan fingerprint density at radius 3 is 1.76 bits per heavy atom. The second-order valence-electron chi connectivity index (χ2n) is 16.0. The Hall–Kier alpha value is -6.04. The minimum absolute atomic E-state index is 0.0228. The highest BCUT2D eigenvalue weighted by molar-refractivity contribution is 7.19. The third-order valence-corrected chi connectivity index (χ3v) is 14.5. The van der Waals surface area contributed by atoms with E-state index in [0.717, 1.165) is 108 Å². The molecule has 15 nitrogen and oxygen atoms in total. The maximum Gasteiger partial charge on any atom is 0.306 e. The lowest BCUT2D eigenvalue weighted by atomic mass is 9.86. The number of anilines is 4. The van der Waals surface area contributed by atoms with Crippen LogP contribution in [0.25, 0.3) is 20.4 Å². The molecule has 0 spiro atoms. The average Bonchev–Trinajstić information content (AvgIpc) is 4.10. The van der Waals surface area contributed by atoms with Crippen LogP contribution in [0.3, 0.4) is 0 Å². The van der Waals surface area contributed by atoms with Crippen LogP contribution in [0.1, 0.15) is 62.9 Å². The molecule has 4 aromatic heterocycles. The van der Waals surface area contributed by atoms with E-state index in [-0.39, 0.29) is 23.8 Å². The Morgan fingerprint density at radius 2 is 1.27 bits per heavy atom. The number of likely N-dealkylation sites (N-methyl/N-ethyl adjacent to an activating group) is 1. The SMILES string of the molecule is COC[C@@H](C)N(C)C(=O)[C@H]1CCc2c(sc3ncnc(Nc4cc5c(cc4OC)CN=C5)c23)C1.COc1cc2c(cc1Nc1ncnc3sc4c(c13)CC[C@H](C(=O)O)C4)C=NC2. The maximum atomic E-state index is 13.1. The van der Waals surface area contributed by atoms with Crippen molar-refractivity contribution in [2.75, 3.05) is 45.6 Å². The van der Waals surface area contributed by atoms with Gasteiger partial charge in [0.25, 0.3) is 0 Å². The highest BCUT2D eigenvalue weighted by Crippen LogP contribution is 2.44. The van der Waals surface area contributed by atoms with E-state index in [9.17, 15) is 14.7 Å². The molecule has 0 saturated carbocycles. The fourth-order valence-corrected chi connectivity index (χ4v) is 11.3. The number of aromatic nitrogens is 4. The number of ether oxygens (including phenoxy) is 3. The van der Waals surface area contributed by atoms with E-state index in [4.69, 9.17) is 14.2 Å². The second kappa shape index (κ2) is 17.4. The van der Waals surface area contributed by atoms with E-state index in [1.807, 2.05) is 49.5 Å². The van der Waals surface area contributed by atoms with Crippen molar-refractivity contribution in [3.05, 3.63) is 80.1 Å². The number of carboxylic acids is 1. The van der Waals surface area contributed by atoms with Crippen molar-refractivity contribution in [2.24, 2.45) is 21.8 Å². The first kappa shape index (κ1) is 41.3. The van der Waals surface area contributed by atoms with Gasteiger partial charge in [-0.1, -0.05) is 0 Å². The summed E-state index contributed by atoms with van der Waals surface area (Å²) in [5, 5.41) is 18.3. The Balaban J connectivity index is 0.000000161. The van der Waals surface area contributed by atoms with E-state index in [1.54, 1.807) is 56.7 Å². The number of carbonyl (C=O) groups is 2. The number of aryl methyl sites for hydroxylation is 2. The molecule has 2 aromatic carbocycles. The van der Waals surface area contributed by atoms with Crippen molar-refractivity contribution in [1.29, 1.82) is 0 Å². The van der Waals surface area contributed by atoms with E-state index in [0.29, 0.717) is 32.5 Å². The fraction of sp³-hybridized carbons (Fsp3) is 0.378. The number of rotatable bonds is 11. The summed E-state index contributed by atoms with van der Waals surface area (Å²) in [6.07, 6.45) is 11.2. The molecule has 2 aliphatic carbocycles. The van der Waals surface area contributed by atoms with Crippen molar-refractivity contribution in [3.63, 3.8) is 0 Å². The average molecular weight is 874 g/mol. The Bertz CT molecular complexity index is 2780. The van der Waals surface area contributed by atoms with Gasteiger partial charge in [0.2, 0.25) is 5.91 Å². The number of nitrogens with zero attached hydrogens (tertiary/aromatic N) is 7. The minimum Gasteiger partial charge on any atom is -0.495 e. The van der Waals surface area contributed by atoms with Crippen molar-refractivity contribution in [1.82, 2.24) is 24.8 Å². The van der Waals surface area contributed by atoms with Gasteiger partial charge in [0.05, 0.1) is 68.0 Å². The number of nitrogens with one attached hydrogen (secondary N) is 2. The zero-order valence-electron chi connectivity index (χ0n) is 35.2. The van der Waals surface area contributed by atoms with Gasteiger partial charge in [0, 0.05) is 42.3 Å². The highest BCUT2D eigenvalue weighted by Gasteiger charge is 2.33. The predicted molar refractivity (Wildman–Crippen MR) is 243 cm³/mol. The number of hydrogen-bond acceptors (Lipinski definition) is 15. The standard InChI is InChI=1S/C25H29N5O3S.C20H18N4O3S/c1-14(12-32-3)30(2)25(31)15-5-6-18-21(9-15)34-24-22(18)23(27-13-28-24)29-19-7-16-10-26-11-17(16)8-20(19)33-4;1-27-15-5-12-8-21-7-11(12)4-14(15)24-18-17-13-3-2-10(20(25)26)6-16(13)28-19(17)23-9-22-18/h7-8,10,13-15H,5-6,9,11-12H2,1-4H3,(H,27,28,29);4-5,7,9-10H,2-3,6,8H2,1H3,(H,25,26)(H,22,23,24)/t14-,15+;10-/m10/s1. The van der Waals surface area contributed by atoms with Gasteiger partial charge in [0.1, 0.15) is 45.5 Å². The Kier molecular flexibility index (Phi) is 11.6. The van der Waals surface area contributed by atoms with Crippen LogP contribution in [0.15, 0.2) is 46.9 Å². The van der Waals surface area contributed by atoms with Crippen molar-refractivity contribution in [2.45, 2.75) is 64.6 Å². The van der Waals surface area contributed by atoms with Crippen molar-refractivity contribution in [3.8, 4) is 11.5 Å². The smallest absolute Gasteiger partial charge is 0.306 e. The van der Waals surface area contributed by atoms with Crippen LogP contribution in [0.4, 0.5) is 23.0 Å². The van der Waals surface area contributed by atoms with Crippen LogP contribution >= 0.6 is 22.7 Å². The molecule has 0 saturated heterocycles. The lowest BCUT2D eigenvalue weighted by Crippen LogP contribution is -2.42. The molecule has 0 bridgehead atoms. The first-order valence-corrected chi connectivity index (χ1v) is 22.2. The number of aliphatic imine (C=N–C) groups is 2. The quantitative estimate of drug-likeness (QED) is 0.116. The monoisotopic (exact) mass is 873 g/mol. The van der Waals surface area contributed by atoms with Gasteiger partial charge < -0.3 is 34.9 Å². The second-order valence-corrected chi connectivity index (χ2v) is 18.1. The summed E-state index contributed by atoms with van der Waals surface area (Å²) in [4.78, 5) is 57.2. The van der Waals surface area contributed by atoms with Crippen molar-refractivity contribution >= 4 is 90.4 Å². The van der Waals surface area contributed by atoms with Crippen LogP contribution < -0.4 is 20.1 Å². The molecule has 320 valence electrons. The van der Waals surface area contributed by atoms with Crippen molar-refractivity contribution < 1.29 is 28.9 Å². The summed E-state index contributed by atoms with van der Waals surface area (Å²) in [7, 11) is 6.86. The van der Waals surface area contributed by atoms with Crippen LogP contribution in [0, 0.1) is 11.8 Å². The first-order valence-electron chi connectivity index (χ1n) is 20.6. The molecular formula is C45H47N9O6S2. The summed E-state index contributed by atoms with van der Waals surface area (Å²) in [6.45, 7) is 3.90. The molecule has 6 heterocycles. The minimum atomic E-state index is -0.725. The van der Waals surface area contributed by atoms with E-state index >= 15 is 0 Å². The van der Waals surface area contributed by atoms with E-state index < -0.39 is 5.97 Å². The largest absolute Gasteiger partial charge is 0.495 e. The molecule has 6 aromatic rings. The number of fused-ring (bicyclic) bond motifs is 8. The molecule has 0 unspecified atom stereocenters. The fourth-order valence-electron chi connectivity index (χ4n) is 8.75. The Labute approximate surface area is 366 Å². The molecule has 62 heavy (non-hydrogen) atoms. The first-order chi connectivity index (χ1) is 30.1. The Morgan fingerprint density at radius 1 is 0.774 bits per heavy atom.